The first-order valence-corrected chi connectivity index (χ1v) is 9.56. The predicted octanol–water partition coefficient (Wildman–Crippen LogP) is 4.17. The fraction of sp³-hybridized carbons (Fsp3) is 0.350. The van der Waals surface area contributed by atoms with Crippen molar-refractivity contribution in [2.75, 3.05) is 5.32 Å². The summed E-state index contributed by atoms with van der Waals surface area (Å²) in [5.74, 6) is 0.804. The third kappa shape index (κ3) is 3.09. The molecule has 0 radical (unpaired) electrons. The van der Waals surface area contributed by atoms with Gasteiger partial charge >= 0.3 is 0 Å². The van der Waals surface area contributed by atoms with E-state index in [-0.39, 0.29) is 5.75 Å². The van der Waals surface area contributed by atoms with Gasteiger partial charge in [-0.05, 0) is 49.9 Å². The highest BCUT2D eigenvalue weighted by atomic mass is 35.5. The van der Waals surface area contributed by atoms with Gasteiger partial charge < -0.3 is 15.2 Å². The minimum atomic E-state index is 0.0802. The molecule has 2 atom stereocenters. The number of pyridine rings is 1. The number of halogens is 1. The highest BCUT2D eigenvalue weighted by molar-refractivity contribution is 6.30. The number of aromatic hydroxyl groups is 1. The van der Waals surface area contributed by atoms with Crippen LogP contribution in [0.25, 0.3) is 22.0 Å². The normalized spacial score (nSPS) is 24.3. The van der Waals surface area contributed by atoms with E-state index in [9.17, 15) is 5.11 Å². The fourth-order valence-electron chi connectivity index (χ4n) is 4.18. The predicted molar refractivity (Wildman–Crippen MR) is 104 cm³/mol. The molecule has 2 N–H and O–H groups in total. The summed E-state index contributed by atoms with van der Waals surface area (Å²) in [5, 5.41) is 24.9. The molecule has 2 aromatic heterocycles. The quantitative estimate of drug-likeness (QED) is 0.707. The van der Waals surface area contributed by atoms with Crippen LogP contribution in [0.4, 0.5) is 5.82 Å². The Balaban J connectivity index is 1.54. The van der Waals surface area contributed by atoms with Crippen LogP contribution in [-0.4, -0.2) is 38.5 Å². The summed E-state index contributed by atoms with van der Waals surface area (Å²) in [7, 11) is 0. The number of phenols is 1. The van der Waals surface area contributed by atoms with Gasteiger partial charge in [0.25, 0.3) is 0 Å². The summed E-state index contributed by atoms with van der Waals surface area (Å²) in [6.07, 6.45) is 8.47. The minimum absolute atomic E-state index is 0.0802. The molecular formula is C20H19ClN4O2. The van der Waals surface area contributed by atoms with Crippen LogP contribution in [-0.2, 0) is 4.74 Å². The van der Waals surface area contributed by atoms with Crippen LogP contribution in [0.15, 0.2) is 36.7 Å². The summed E-state index contributed by atoms with van der Waals surface area (Å²) in [4.78, 5) is 4.26. The number of nitrogens with one attached hydrogen (secondary N) is 1. The largest absolute Gasteiger partial charge is 0.507 e. The Hall–Kier alpha value is -2.44. The van der Waals surface area contributed by atoms with E-state index in [2.05, 4.69) is 20.5 Å². The number of aromatic nitrogens is 3. The first kappa shape index (κ1) is 16.7. The molecule has 3 aromatic rings. The van der Waals surface area contributed by atoms with E-state index >= 15 is 0 Å². The van der Waals surface area contributed by atoms with Gasteiger partial charge in [0, 0.05) is 39.8 Å². The van der Waals surface area contributed by atoms with E-state index < -0.39 is 0 Å². The molecule has 2 fully saturated rings. The fourth-order valence-corrected chi connectivity index (χ4v) is 4.34. The van der Waals surface area contributed by atoms with Gasteiger partial charge in [0.1, 0.15) is 11.4 Å². The lowest BCUT2D eigenvalue weighted by Crippen LogP contribution is -2.34. The molecule has 6 nitrogen and oxygen atoms in total. The van der Waals surface area contributed by atoms with Crippen molar-refractivity contribution < 1.29 is 9.84 Å². The molecule has 0 saturated carbocycles. The Kier molecular flexibility index (Phi) is 4.10. The SMILES string of the molecule is Oc1cc(Cl)ccc1-c1nnc(NC2CC3CCC(C2)O3)c2cnccc12. The van der Waals surface area contributed by atoms with Gasteiger partial charge in [0.2, 0.25) is 0 Å². The summed E-state index contributed by atoms with van der Waals surface area (Å²) in [5.41, 5.74) is 1.21. The highest BCUT2D eigenvalue weighted by Gasteiger charge is 2.35. The zero-order valence-electron chi connectivity index (χ0n) is 14.6. The number of nitrogens with zero attached hydrogens (tertiary/aromatic N) is 3. The van der Waals surface area contributed by atoms with Crippen molar-refractivity contribution in [3.8, 4) is 17.0 Å². The maximum Gasteiger partial charge on any atom is 0.158 e. The molecule has 0 spiro atoms. The van der Waals surface area contributed by atoms with Gasteiger partial charge in [-0.25, -0.2) is 0 Å². The third-order valence-electron chi connectivity index (χ3n) is 5.43. The number of phenolic OH excluding ortho intramolecular Hbond substituents is 1. The standard InChI is InChI=1S/C20H19ClN4O2/c21-11-1-4-16(18(26)7-11)19-15-5-6-22-10-17(15)20(25-24-19)23-12-8-13-2-3-14(9-12)27-13/h1,4-7,10,12-14,26H,2-3,8-9H2,(H,23,25). The number of rotatable bonds is 3. The van der Waals surface area contributed by atoms with E-state index in [0.29, 0.717) is 34.5 Å². The summed E-state index contributed by atoms with van der Waals surface area (Å²) in [6, 6.07) is 7.21. The third-order valence-corrected chi connectivity index (χ3v) is 5.66. The van der Waals surface area contributed by atoms with Gasteiger partial charge in [0.15, 0.2) is 5.82 Å². The number of fused-ring (bicyclic) bond motifs is 3. The Morgan fingerprint density at radius 3 is 2.67 bits per heavy atom. The van der Waals surface area contributed by atoms with Crippen molar-refractivity contribution in [3.63, 3.8) is 0 Å². The molecule has 2 bridgehead atoms. The van der Waals surface area contributed by atoms with E-state index in [1.807, 2.05) is 6.07 Å². The molecule has 5 rings (SSSR count). The second-order valence-electron chi connectivity index (χ2n) is 7.25. The zero-order chi connectivity index (χ0) is 18.4. The van der Waals surface area contributed by atoms with Crippen molar-refractivity contribution >= 4 is 28.2 Å². The van der Waals surface area contributed by atoms with Crippen molar-refractivity contribution in [2.24, 2.45) is 0 Å². The van der Waals surface area contributed by atoms with Gasteiger partial charge in [-0.2, -0.15) is 0 Å². The summed E-state index contributed by atoms with van der Waals surface area (Å²) < 4.78 is 5.93. The second-order valence-corrected chi connectivity index (χ2v) is 7.69. The maximum atomic E-state index is 10.3. The first-order valence-electron chi connectivity index (χ1n) is 9.18. The number of benzene rings is 1. The molecule has 2 saturated heterocycles. The van der Waals surface area contributed by atoms with Crippen molar-refractivity contribution in [1.29, 1.82) is 0 Å². The van der Waals surface area contributed by atoms with Gasteiger partial charge in [0.05, 0.1) is 12.2 Å². The van der Waals surface area contributed by atoms with E-state index in [0.717, 1.165) is 42.3 Å². The molecule has 2 aliphatic heterocycles. The molecule has 1 aromatic carbocycles. The van der Waals surface area contributed by atoms with Gasteiger partial charge in [-0.1, -0.05) is 11.6 Å². The van der Waals surface area contributed by atoms with Crippen LogP contribution >= 0.6 is 11.6 Å². The average molecular weight is 383 g/mol. The van der Waals surface area contributed by atoms with Crippen LogP contribution in [0.3, 0.4) is 0 Å². The topological polar surface area (TPSA) is 80.2 Å². The molecule has 4 heterocycles. The Morgan fingerprint density at radius 2 is 1.89 bits per heavy atom. The number of anilines is 1. The van der Waals surface area contributed by atoms with Gasteiger partial charge in [-0.15, -0.1) is 10.2 Å². The lowest BCUT2D eigenvalue weighted by molar-refractivity contribution is 0.000663. The van der Waals surface area contributed by atoms with Crippen molar-refractivity contribution in [3.05, 3.63) is 41.7 Å². The molecule has 7 heteroatoms. The first-order chi connectivity index (χ1) is 13.2. The molecule has 27 heavy (non-hydrogen) atoms. The number of ether oxygens (including phenoxy) is 1. The van der Waals surface area contributed by atoms with Crippen LogP contribution in [0, 0.1) is 0 Å². The molecule has 2 aliphatic rings. The minimum Gasteiger partial charge on any atom is -0.507 e. The molecule has 0 amide bonds. The van der Waals surface area contributed by atoms with Crippen LogP contribution in [0.5, 0.6) is 5.75 Å². The molecule has 0 aliphatic carbocycles. The average Bonchev–Trinajstić information content (AvgIpc) is 3.01. The Bertz CT molecular complexity index is 1000. The van der Waals surface area contributed by atoms with Crippen LogP contribution in [0.1, 0.15) is 25.7 Å². The molecule has 2 unspecified atom stereocenters. The maximum absolute atomic E-state index is 10.3. The van der Waals surface area contributed by atoms with E-state index in [1.54, 1.807) is 24.5 Å². The molecule has 138 valence electrons. The van der Waals surface area contributed by atoms with Crippen molar-refractivity contribution in [2.45, 2.75) is 43.9 Å². The van der Waals surface area contributed by atoms with Gasteiger partial charge in [-0.3, -0.25) is 4.98 Å². The summed E-state index contributed by atoms with van der Waals surface area (Å²) >= 11 is 5.96. The highest BCUT2D eigenvalue weighted by Crippen LogP contribution is 2.37. The van der Waals surface area contributed by atoms with Crippen LogP contribution < -0.4 is 5.32 Å². The van der Waals surface area contributed by atoms with E-state index in [4.69, 9.17) is 16.3 Å². The lowest BCUT2D eigenvalue weighted by Gasteiger charge is -2.29. The molecular weight excluding hydrogens is 364 g/mol. The Labute approximate surface area is 161 Å². The number of hydrogen-bond acceptors (Lipinski definition) is 6. The van der Waals surface area contributed by atoms with Crippen LogP contribution in [0.2, 0.25) is 5.02 Å². The smallest absolute Gasteiger partial charge is 0.158 e. The lowest BCUT2D eigenvalue weighted by atomic mass is 10.0. The summed E-state index contributed by atoms with van der Waals surface area (Å²) in [6.45, 7) is 0. The monoisotopic (exact) mass is 382 g/mol. The Morgan fingerprint density at radius 1 is 1.07 bits per heavy atom. The van der Waals surface area contributed by atoms with E-state index in [1.165, 1.54) is 6.07 Å². The van der Waals surface area contributed by atoms with Crippen molar-refractivity contribution in [1.82, 2.24) is 15.2 Å². The number of hydrogen-bond donors (Lipinski definition) is 2. The zero-order valence-corrected chi connectivity index (χ0v) is 15.4. The second kappa shape index (κ2) is 6.62.